The second-order valence-corrected chi connectivity index (χ2v) is 7.91. The van der Waals surface area contributed by atoms with Gasteiger partial charge in [-0.2, -0.15) is 0 Å². The molecule has 0 aliphatic carbocycles. The molecule has 0 spiro atoms. The lowest BCUT2D eigenvalue weighted by atomic mass is 10.1. The highest BCUT2D eigenvalue weighted by molar-refractivity contribution is 7.99. The van der Waals surface area contributed by atoms with Crippen LogP contribution in [-0.2, 0) is 0 Å². The van der Waals surface area contributed by atoms with Gasteiger partial charge in [-0.15, -0.1) is 10.2 Å². The van der Waals surface area contributed by atoms with E-state index in [4.69, 9.17) is 14.2 Å². The van der Waals surface area contributed by atoms with Gasteiger partial charge >= 0.3 is 0 Å². The van der Waals surface area contributed by atoms with Crippen molar-refractivity contribution in [3.05, 3.63) is 53.6 Å². The minimum Gasteiger partial charge on any atom is -0.497 e. The first-order valence-corrected chi connectivity index (χ1v) is 10.5. The summed E-state index contributed by atoms with van der Waals surface area (Å²) < 4.78 is 18.7. The van der Waals surface area contributed by atoms with Crippen LogP contribution in [0.15, 0.2) is 47.6 Å². The zero-order valence-corrected chi connectivity index (χ0v) is 17.4. The number of rotatable bonds is 5. The fraction of sp³-hybridized carbons (Fsp3) is 0.227. The third kappa shape index (κ3) is 3.23. The standard InChI is InChI=1S/C22H19N3O4S/c1-13-8-15-10-19-20(29-7-6-28-19)11-17(15)25-21(13)23-24-22(25)30-12-18(26)14-4-3-5-16(9-14)27-2/h3-5,8-11H,6-7,12H2,1-2H3. The quantitative estimate of drug-likeness (QED) is 0.357. The minimum atomic E-state index is 0.00159. The number of aromatic nitrogens is 3. The van der Waals surface area contributed by atoms with Gasteiger partial charge in [-0.3, -0.25) is 9.20 Å². The molecule has 0 amide bonds. The third-order valence-electron chi connectivity index (χ3n) is 5.01. The van der Waals surface area contributed by atoms with Crippen molar-refractivity contribution in [2.24, 2.45) is 0 Å². The molecule has 30 heavy (non-hydrogen) atoms. The van der Waals surface area contributed by atoms with E-state index in [-0.39, 0.29) is 11.5 Å². The summed E-state index contributed by atoms with van der Waals surface area (Å²) in [7, 11) is 1.58. The molecule has 2 aromatic carbocycles. The van der Waals surface area contributed by atoms with Gasteiger partial charge in [-0.05, 0) is 36.8 Å². The molecule has 0 saturated heterocycles. The summed E-state index contributed by atoms with van der Waals surface area (Å²) in [6, 6.07) is 13.2. The number of methoxy groups -OCH3 is 1. The molecule has 1 aliphatic heterocycles. The molecular formula is C22H19N3O4S. The predicted molar refractivity (Wildman–Crippen MR) is 114 cm³/mol. The van der Waals surface area contributed by atoms with Gasteiger partial charge in [0.1, 0.15) is 19.0 Å². The molecule has 2 aromatic heterocycles. The van der Waals surface area contributed by atoms with Crippen LogP contribution in [0.2, 0.25) is 0 Å². The molecule has 0 unspecified atom stereocenters. The highest BCUT2D eigenvalue weighted by Gasteiger charge is 2.18. The van der Waals surface area contributed by atoms with E-state index in [1.165, 1.54) is 11.8 Å². The number of thioether (sulfide) groups is 1. The fourth-order valence-electron chi connectivity index (χ4n) is 3.55. The molecule has 7 nitrogen and oxygen atoms in total. The minimum absolute atomic E-state index is 0.00159. The maximum Gasteiger partial charge on any atom is 0.196 e. The van der Waals surface area contributed by atoms with E-state index in [2.05, 4.69) is 16.3 Å². The first-order valence-electron chi connectivity index (χ1n) is 9.52. The number of carbonyl (C=O) groups excluding carboxylic acids is 1. The van der Waals surface area contributed by atoms with Gasteiger partial charge < -0.3 is 14.2 Å². The molecule has 0 fully saturated rings. The maximum atomic E-state index is 12.7. The number of pyridine rings is 1. The number of aryl methyl sites for hydroxylation is 1. The van der Waals surface area contributed by atoms with Gasteiger partial charge in [0.25, 0.3) is 0 Å². The Morgan fingerprint density at radius 3 is 2.73 bits per heavy atom. The normalized spacial score (nSPS) is 13.0. The number of fused-ring (bicyclic) bond motifs is 4. The Kier molecular flexibility index (Phi) is 4.71. The van der Waals surface area contributed by atoms with Crippen molar-refractivity contribution in [3.8, 4) is 17.2 Å². The Balaban J connectivity index is 1.52. The Morgan fingerprint density at radius 1 is 1.13 bits per heavy atom. The maximum absolute atomic E-state index is 12.7. The number of benzene rings is 2. The van der Waals surface area contributed by atoms with Crippen LogP contribution >= 0.6 is 11.8 Å². The van der Waals surface area contributed by atoms with Crippen molar-refractivity contribution in [3.63, 3.8) is 0 Å². The summed E-state index contributed by atoms with van der Waals surface area (Å²) in [5, 5.41) is 10.4. The van der Waals surface area contributed by atoms with E-state index in [0.29, 0.717) is 35.4 Å². The first-order chi connectivity index (χ1) is 14.6. The average molecular weight is 421 g/mol. The first kappa shape index (κ1) is 18.7. The summed E-state index contributed by atoms with van der Waals surface area (Å²) in [5.41, 5.74) is 3.28. The number of hydrogen-bond acceptors (Lipinski definition) is 7. The van der Waals surface area contributed by atoms with Crippen molar-refractivity contribution >= 4 is 34.1 Å². The summed E-state index contributed by atoms with van der Waals surface area (Å²) in [6.45, 7) is 3.06. The molecule has 0 bridgehead atoms. The summed E-state index contributed by atoms with van der Waals surface area (Å²) >= 11 is 1.36. The van der Waals surface area contributed by atoms with Crippen molar-refractivity contribution in [1.29, 1.82) is 0 Å². The van der Waals surface area contributed by atoms with Gasteiger partial charge in [0.2, 0.25) is 0 Å². The van der Waals surface area contributed by atoms with Gasteiger partial charge in [0.05, 0.1) is 18.4 Å². The Labute approximate surface area is 177 Å². The molecule has 0 radical (unpaired) electrons. The lowest BCUT2D eigenvalue weighted by Crippen LogP contribution is -2.15. The Bertz CT molecular complexity index is 1280. The van der Waals surface area contributed by atoms with Crippen molar-refractivity contribution in [2.75, 3.05) is 26.1 Å². The van der Waals surface area contributed by atoms with Gasteiger partial charge in [0, 0.05) is 17.0 Å². The number of ketones is 1. The molecule has 152 valence electrons. The zero-order valence-electron chi connectivity index (χ0n) is 16.5. The Hall–Kier alpha value is -3.26. The fourth-order valence-corrected chi connectivity index (χ4v) is 4.39. The SMILES string of the molecule is COc1cccc(C(=O)CSc2nnc3c(C)cc4cc5c(cc4n23)OCCO5)c1. The third-order valence-corrected chi connectivity index (χ3v) is 5.94. The molecule has 0 atom stereocenters. The second kappa shape index (κ2) is 7.53. The number of carbonyl (C=O) groups is 1. The van der Waals surface area contributed by atoms with E-state index < -0.39 is 0 Å². The van der Waals surface area contributed by atoms with E-state index in [9.17, 15) is 4.79 Å². The number of hydrogen-bond donors (Lipinski definition) is 0. The van der Waals surface area contributed by atoms with Crippen LogP contribution in [0.3, 0.4) is 0 Å². The van der Waals surface area contributed by atoms with E-state index in [0.717, 1.165) is 27.9 Å². The molecular weight excluding hydrogens is 402 g/mol. The molecule has 1 aliphatic rings. The predicted octanol–water partition coefficient (Wildman–Crippen LogP) is 3.95. The van der Waals surface area contributed by atoms with Crippen LogP contribution in [0, 0.1) is 6.92 Å². The van der Waals surface area contributed by atoms with Crippen molar-refractivity contribution in [2.45, 2.75) is 12.1 Å². The monoisotopic (exact) mass is 421 g/mol. The van der Waals surface area contributed by atoms with E-state index in [1.54, 1.807) is 19.2 Å². The molecule has 0 saturated carbocycles. The molecule has 0 N–H and O–H groups in total. The topological polar surface area (TPSA) is 75.0 Å². The number of nitrogens with zero attached hydrogens (tertiary/aromatic N) is 3. The highest BCUT2D eigenvalue weighted by Crippen LogP contribution is 2.36. The van der Waals surface area contributed by atoms with Crippen molar-refractivity contribution < 1.29 is 19.0 Å². The van der Waals surface area contributed by atoms with Crippen LogP contribution in [0.1, 0.15) is 15.9 Å². The second-order valence-electron chi connectivity index (χ2n) is 6.97. The van der Waals surface area contributed by atoms with Gasteiger partial charge in [-0.25, -0.2) is 0 Å². The number of Topliss-reactive ketones (excluding diaryl/α,β-unsaturated/α-hetero) is 1. The number of ether oxygens (including phenoxy) is 3. The summed E-state index contributed by atoms with van der Waals surface area (Å²) in [6.07, 6.45) is 0. The van der Waals surface area contributed by atoms with E-state index >= 15 is 0 Å². The smallest absolute Gasteiger partial charge is 0.196 e. The molecule has 4 aromatic rings. The highest BCUT2D eigenvalue weighted by atomic mass is 32.2. The zero-order chi connectivity index (χ0) is 20.7. The summed E-state index contributed by atoms with van der Waals surface area (Å²) in [4.78, 5) is 12.7. The Morgan fingerprint density at radius 2 is 1.93 bits per heavy atom. The average Bonchev–Trinajstić information content (AvgIpc) is 3.21. The van der Waals surface area contributed by atoms with Crippen LogP contribution in [0.5, 0.6) is 17.2 Å². The van der Waals surface area contributed by atoms with Crippen LogP contribution in [0.4, 0.5) is 0 Å². The van der Waals surface area contributed by atoms with Gasteiger partial charge in [0.15, 0.2) is 28.1 Å². The van der Waals surface area contributed by atoms with Crippen molar-refractivity contribution in [1.82, 2.24) is 14.6 Å². The lowest BCUT2D eigenvalue weighted by molar-refractivity contribution is 0.102. The molecule has 3 heterocycles. The molecule has 5 rings (SSSR count). The van der Waals surface area contributed by atoms with Crippen LogP contribution in [0.25, 0.3) is 16.6 Å². The van der Waals surface area contributed by atoms with Gasteiger partial charge in [-0.1, -0.05) is 23.9 Å². The van der Waals surface area contributed by atoms with Crippen LogP contribution < -0.4 is 14.2 Å². The van der Waals surface area contributed by atoms with E-state index in [1.807, 2.05) is 35.6 Å². The largest absolute Gasteiger partial charge is 0.497 e. The summed E-state index contributed by atoms with van der Waals surface area (Å²) in [5.74, 6) is 2.35. The lowest BCUT2D eigenvalue weighted by Gasteiger charge is -2.19. The van der Waals surface area contributed by atoms with Crippen LogP contribution in [-0.4, -0.2) is 46.5 Å². The molecule has 8 heteroatoms.